The quantitative estimate of drug-likeness (QED) is 0.874. The Morgan fingerprint density at radius 2 is 1.95 bits per heavy atom. The molecule has 2 aromatic rings. The average Bonchev–Trinajstić information content (AvgIpc) is 2.40. The minimum Gasteiger partial charge on any atom is -0.389 e. The van der Waals surface area contributed by atoms with Gasteiger partial charge in [-0.3, -0.25) is 0 Å². The predicted molar refractivity (Wildman–Crippen MR) is 85.6 cm³/mol. The normalized spacial score (nSPS) is 10.3. The van der Waals surface area contributed by atoms with Crippen molar-refractivity contribution in [2.24, 2.45) is 5.73 Å². The molecule has 4 heteroatoms. The second-order valence-corrected chi connectivity index (χ2v) is 5.28. The van der Waals surface area contributed by atoms with Gasteiger partial charge in [0.25, 0.3) is 0 Å². The van der Waals surface area contributed by atoms with Gasteiger partial charge < -0.3 is 10.6 Å². The summed E-state index contributed by atoms with van der Waals surface area (Å²) in [6.45, 7) is 2.50. The maximum Gasteiger partial charge on any atom is 0.138 e. The molecule has 0 aliphatic carbocycles. The number of nitrogens with two attached hydrogens (primary N) is 1. The number of anilines is 1. The summed E-state index contributed by atoms with van der Waals surface area (Å²) >= 11 is 4.86. The van der Waals surface area contributed by atoms with E-state index < -0.39 is 0 Å². The number of aryl methyl sites for hydroxylation is 1. The summed E-state index contributed by atoms with van der Waals surface area (Å²) in [5.41, 5.74) is 8.63. The van der Waals surface area contributed by atoms with Crippen LogP contribution in [-0.2, 0) is 6.54 Å². The molecular formula is C16H17FN2S. The molecule has 0 spiro atoms. The molecule has 104 valence electrons. The van der Waals surface area contributed by atoms with Gasteiger partial charge in [0.2, 0.25) is 0 Å². The van der Waals surface area contributed by atoms with Crippen molar-refractivity contribution in [2.75, 3.05) is 11.9 Å². The van der Waals surface area contributed by atoms with E-state index in [1.165, 1.54) is 5.56 Å². The van der Waals surface area contributed by atoms with Crippen molar-refractivity contribution in [1.29, 1.82) is 0 Å². The number of hydrogen-bond acceptors (Lipinski definition) is 2. The molecular weight excluding hydrogens is 271 g/mol. The van der Waals surface area contributed by atoms with E-state index in [2.05, 4.69) is 6.07 Å². The first kappa shape index (κ1) is 14.5. The fourth-order valence-electron chi connectivity index (χ4n) is 2.10. The van der Waals surface area contributed by atoms with Gasteiger partial charge in [-0.2, -0.15) is 0 Å². The summed E-state index contributed by atoms with van der Waals surface area (Å²) in [5.74, 6) is -0.334. The Bertz CT molecular complexity index is 640. The third-order valence-corrected chi connectivity index (χ3v) is 3.41. The Hall–Kier alpha value is -1.94. The highest BCUT2D eigenvalue weighted by Gasteiger charge is 2.12. The molecule has 0 aliphatic rings. The fourth-order valence-corrected chi connectivity index (χ4v) is 2.26. The van der Waals surface area contributed by atoms with Crippen LogP contribution in [0, 0.1) is 12.7 Å². The lowest BCUT2D eigenvalue weighted by Gasteiger charge is -2.20. The van der Waals surface area contributed by atoms with Gasteiger partial charge in [0, 0.05) is 30.4 Å². The zero-order valence-corrected chi connectivity index (χ0v) is 12.4. The van der Waals surface area contributed by atoms with E-state index in [-0.39, 0.29) is 10.8 Å². The largest absolute Gasteiger partial charge is 0.389 e. The minimum absolute atomic E-state index is 0.0857. The summed E-state index contributed by atoms with van der Waals surface area (Å²) in [6, 6.07) is 13.2. The van der Waals surface area contributed by atoms with Gasteiger partial charge in [-0.1, -0.05) is 36.5 Å². The van der Waals surface area contributed by atoms with Crippen molar-refractivity contribution in [3.8, 4) is 0 Å². The first-order valence-corrected chi connectivity index (χ1v) is 6.75. The monoisotopic (exact) mass is 288 g/mol. The van der Waals surface area contributed by atoms with E-state index in [1.807, 2.05) is 37.1 Å². The molecule has 0 bridgehead atoms. The molecule has 2 nitrogen and oxygen atoms in total. The third-order valence-electron chi connectivity index (χ3n) is 3.19. The lowest BCUT2D eigenvalue weighted by molar-refractivity contribution is 0.605. The van der Waals surface area contributed by atoms with Crippen molar-refractivity contribution in [3.05, 3.63) is 65.0 Å². The molecule has 20 heavy (non-hydrogen) atoms. The molecule has 2 aromatic carbocycles. The molecule has 0 heterocycles. The highest BCUT2D eigenvalue weighted by Crippen LogP contribution is 2.20. The lowest BCUT2D eigenvalue weighted by Crippen LogP contribution is -2.19. The molecule has 0 saturated heterocycles. The van der Waals surface area contributed by atoms with Gasteiger partial charge in [-0.25, -0.2) is 4.39 Å². The van der Waals surface area contributed by atoms with Crippen molar-refractivity contribution in [2.45, 2.75) is 13.5 Å². The van der Waals surface area contributed by atoms with Crippen LogP contribution in [0.15, 0.2) is 42.5 Å². The summed E-state index contributed by atoms with van der Waals surface area (Å²) in [6.07, 6.45) is 0. The van der Waals surface area contributed by atoms with Crippen LogP contribution in [0.5, 0.6) is 0 Å². The Morgan fingerprint density at radius 3 is 2.60 bits per heavy atom. The molecule has 0 atom stereocenters. The molecule has 0 amide bonds. The Labute approximate surface area is 124 Å². The number of nitrogens with zero attached hydrogens (tertiary/aromatic N) is 1. The Morgan fingerprint density at radius 1 is 1.25 bits per heavy atom. The minimum atomic E-state index is -0.334. The van der Waals surface area contributed by atoms with Crippen molar-refractivity contribution in [3.63, 3.8) is 0 Å². The van der Waals surface area contributed by atoms with Gasteiger partial charge in [-0.15, -0.1) is 0 Å². The van der Waals surface area contributed by atoms with Gasteiger partial charge in [0.1, 0.15) is 10.8 Å². The van der Waals surface area contributed by atoms with Crippen LogP contribution in [0.25, 0.3) is 0 Å². The van der Waals surface area contributed by atoms with Crippen molar-refractivity contribution in [1.82, 2.24) is 0 Å². The number of hydrogen-bond donors (Lipinski definition) is 1. The summed E-state index contributed by atoms with van der Waals surface area (Å²) in [5, 5.41) is 0. The van der Waals surface area contributed by atoms with Crippen LogP contribution >= 0.6 is 12.2 Å². The Balaban J connectivity index is 2.26. The zero-order chi connectivity index (χ0) is 14.7. The molecule has 0 saturated carbocycles. The summed E-state index contributed by atoms with van der Waals surface area (Å²) in [4.78, 5) is 2.08. The van der Waals surface area contributed by atoms with Gasteiger partial charge in [-0.05, 0) is 30.7 Å². The van der Waals surface area contributed by atoms with Gasteiger partial charge >= 0.3 is 0 Å². The third kappa shape index (κ3) is 3.14. The summed E-state index contributed by atoms with van der Waals surface area (Å²) in [7, 11) is 1.93. The van der Waals surface area contributed by atoms with Crippen LogP contribution in [0.4, 0.5) is 10.1 Å². The number of benzene rings is 2. The topological polar surface area (TPSA) is 29.3 Å². The molecule has 2 N–H and O–H groups in total. The van der Waals surface area contributed by atoms with Crippen LogP contribution in [0.2, 0.25) is 0 Å². The van der Waals surface area contributed by atoms with Crippen LogP contribution in [-0.4, -0.2) is 12.0 Å². The zero-order valence-electron chi connectivity index (χ0n) is 11.6. The number of halogens is 1. The number of thiocarbonyl (C=S) groups is 1. The molecule has 0 fully saturated rings. The second kappa shape index (κ2) is 6.01. The molecule has 0 aliphatic heterocycles. The van der Waals surface area contributed by atoms with Crippen LogP contribution < -0.4 is 10.6 Å². The molecule has 0 unspecified atom stereocenters. The summed E-state index contributed by atoms with van der Waals surface area (Å²) < 4.78 is 14.3. The van der Waals surface area contributed by atoms with E-state index >= 15 is 0 Å². The lowest BCUT2D eigenvalue weighted by atomic mass is 10.1. The maximum absolute atomic E-state index is 14.3. The first-order valence-electron chi connectivity index (χ1n) is 6.34. The van der Waals surface area contributed by atoms with E-state index in [1.54, 1.807) is 18.2 Å². The molecule has 0 radical (unpaired) electrons. The van der Waals surface area contributed by atoms with Crippen molar-refractivity contribution < 1.29 is 4.39 Å². The van der Waals surface area contributed by atoms with E-state index in [0.29, 0.717) is 17.7 Å². The first-order chi connectivity index (χ1) is 9.49. The standard InChI is InChI=1S/C16H17FN2S/c1-11-5-3-7-13(9-11)19(2)10-12-6-4-8-14(15(12)17)16(18)20/h3-9H,10H2,1-2H3,(H2,18,20). The SMILES string of the molecule is Cc1cccc(N(C)Cc2cccc(C(N)=S)c2F)c1. The van der Waals surface area contributed by atoms with E-state index in [4.69, 9.17) is 18.0 Å². The van der Waals surface area contributed by atoms with E-state index in [0.717, 1.165) is 5.69 Å². The van der Waals surface area contributed by atoms with E-state index in [9.17, 15) is 4.39 Å². The number of rotatable bonds is 4. The maximum atomic E-state index is 14.3. The van der Waals surface area contributed by atoms with Gasteiger partial charge in [0.15, 0.2) is 0 Å². The fraction of sp³-hybridized carbons (Fsp3) is 0.188. The second-order valence-electron chi connectivity index (χ2n) is 4.84. The highest BCUT2D eigenvalue weighted by atomic mass is 32.1. The predicted octanol–water partition coefficient (Wildman–Crippen LogP) is 3.40. The smallest absolute Gasteiger partial charge is 0.138 e. The van der Waals surface area contributed by atoms with Crippen LogP contribution in [0.3, 0.4) is 0 Å². The highest BCUT2D eigenvalue weighted by molar-refractivity contribution is 7.80. The van der Waals surface area contributed by atoms with Crippen LogP contribution in [0.1, 0.15) is 16.7 Å². The molecule has 0 aromatic heterocycles. The van der Waals surface area contributed by atoms with Crippen molar-refractivity contribution >= 4 is 22.9 Å². The molecule has 2 rings (SSSR count). The average molecular weight is 288 g/mol. The Kier molecular flexibility index (Phi) is 4.35. The van der Waals surface area contributed by atoms with Gasteiger partial charge in [0.05, 0.1) is 0 Å².